The summed E-state index contributed by atoms with van der Waals surface area (Å²) >= 11 is 0. The summed E-state index contributed by atoms with van der Waals surface area (Å²) in [6.45, 7) is 1.34. The van der Waals surface area contributed by atoms with Crippen LogP contribution in [0, 0.1) is 5.92 Å². The number of fused-ring (bicyclic) bond motifs is 1. The lowest BCUT2D eigenvalue weighted by Gasteiger charge is -2.24. The summed E-state index contributed by atoms with van der Waals surface area (Å²) < 4.78 is 10.5. The van der Waals surface area contributed by atoms with Crippen LogP contribution in [0.3, 0.4) is 0 Å². The molecule has 2 unspecified atom stereocenters. The molecule has 1 aromatic carbocycles. The van der Waals surface area contributed by atoms with E-state index in [9.17, 15) is 14.4 Å². The van der Waals surface area contributed by atoms with E-state index in [4.69, 9.17) is 14.6 Å². The molecule has 0 bridgehead atoms. The summed E-state index contributed by atoms with van der Waals surface area (Å²) in [7, 11) is 0. The summed E-state index contributed by atoms with van der Waals surface area (Å²) in [6.07, 6.45) is 0.705. The average molecular weight is 346 g/mol. The van der Waals surface area contributed by atoms with Crippen molar-refractivity contribution < 1.29 is 29.0 Å². The van der Waals surface area contributed by atoms with Crippen molar-refractivity contribution in [1.82, 2.24) is 9.80 Å². The highest BCUT2D eigenvalue weighted by Crippen LogP contribution is 2.33. The van der Waals surface area contributed by atoms with Gasteiger partial charge in [-0.25, -0.2) is 0 Å². The third kappa shape index (κ3) is 2.77. The molecule has 0 aromatic heterocycles. The number of amides is 2. The van der Waals surface area contributed by atoms with Gasteiger partial charge in [0.15, 0.2) is 11.5 Å². The second-order valence-electron chi connectivity index (χ2n) is 6.55. The lowest BCUT2D eigenvalue weighted by molar-refractivity contribution is -0.141. The van der Waals surface area contributed by atoms with Crippen molar-refractivity contribution in [2.24, 2.45) is 5.92 Å². The highest BCUT2D eigenvalue weighted by Gasteiger charge is 2.41. The fourth-order valence-corrected chi connectivity index (χ4v) is 3.64. The third-order valence-corrected chi connectivity index (χ3v) is 5.02. The van der Waals surface area contributed by atoms with Crippen LogP contribution < -0.4 is 9.47 Å². The lowest BCUT2D eigenvalue weighted by atomic mass is 10.1. The highest BCUT2D eigenvalue weighted by molar-refractivity contribution is 5.95. The van der Waals surface area contributed by atoms with Gasteiger partial charge >= 0.3 is 5.97 Å². The van der Waals surface area contributed by atoms with Gasteiger partial charge in [-0.1, -0.05) is 0 Å². The zero-order chi connectivity index (χ0) is 17.6. The quantitative estimate of drug-likeness (QED) is 0.859. The Hall–Kier alpha value is -2.77. The van der Waals surface area contributed by atoms with Crippen LogP contribution in [0.4, 0.5) is 0 Å². The molecule has 3 aliphatic rings. The number of hydrogen-bond donors (Lipinski definition) is 1. The average Bonchev–Trinajstić information content (AvgIpc) is 3.32. The van der Waals surface area contributed by atoms with E-state index in [1.165, 1.54) is 0 Å². The lowest BCUT2D eigenvalue weighted by Crippen LogP contribution is -2.40. The molecule has 2 fully saturated rings. The number of nitrogens with zero attached hydrogens (tertiary/aromatic N) is 2. The van der Waals surface area contributed by atoms with Gasteiger partial charge in [-0.2, -0.15) is 0 Å². The second kappa shape index (κ2) is 5.94. The molecule has 8 nitrogen and oxygen atoms in total. The predicted octanol–water partition coefficient (Wildman–Crippen LogP) is 0.563. The van der Waals surface area contributed by atoms with Crippen LogP contribution in [0.2, 0.25) is 0 Å². The molecule has 4 rings (SSSR count). The van der Waals surface area contributed by atoms with E-state index in [0.29, 0.717) is 36.6 Å². The van der Waals surface area contributed by atoms with Crippen LogP contribution in [0.15, 0.2) is 18.2 Å². The van der Waals surface area contributed by atoms with Crippen molar-refractivity contribution in [3.05, 3.63) is 23.8 Å². The summed E-state index contributed by atoms with van der Waals surface area (Å²) in [5.74, 6) is -0.677. The van der Waals surface area contributed by atoms with Crippen LogP contribution in [0.5, 0.6) is 11.5 Å². The number of aliphatic carboxylic acids is 1. The first-order valence-corrected chi connectivity index (χ1v) is 8.24. The molecule has 132 valence electrons. The van der Waals surface area contributed by atoms with Crippen molar-refractivity contribution in [2.45, 2.75) is 18.9 Å². The summed E-state index contributed by atoms with van der Waals surface area (Å²) in [4.78, 5) is 39.2. The third-order valence-electron chi connectivity index (χ3n) is 5.02. The first-order valence-electron chi connectivity index (χ1n) is 8.24. The van der Waals surface area contributed by atoms with Crippen LogP contribution in [-0.4, -0.2) is 65.2 Å². The highest BCUT2D eigenvalue weighted by atomic mass is 16.7. The van der Waals surface area contributed by atoms with Gasteiger partial charge < -0.3 is 24.4 Å². The van der Waals surface area contributed by atoms with Gasteiger partial charge in [-0.15, -0.1) is 0 Å². The van der Waals surface area contributed by atoms with Crippen molar-refractivity contribution >= 4 is 17.8 Å². The van der Waals surface area contributed by atoms with Gasteiger partial charge in [0.25, 0.3) is 5.91 Å². The number of rotatable bonds is 3. The number of carbonyl (C=O) groups is 3. The van der Waals surface area contributed by atoms with E-state index < -0.39 is 11.9 Å². The number of hydrogen-bond acceptors (Lipinski definition) is 5. The Morgan fingerprint density at radius 2 is 1.96 bits per heavy atom. The molecular weight excluding hydrogens is 328 g/mol. The molecular formula is C17H18N2O6. The van der Waals surface area contributed by atoms with Crippen LogP contribution in [0.1, 0.15) is 23.2 Å². The Morgan fingerprint density at radius 1 is 1.16 bits per heavy atom. The van der Waals surface area contributed by atoms with E-state index in [1.807, 2.05) is 0 Å². The van der Waals surface area contributed by atoms with Gasteiger partial charge in [0, 0.05) is 31.6 Å². The van der Waals surface area contributed by atoms with E-state index in [0.717, 1.165) is 0 Å². The Labute approximate surface area is 143 Å². The number of likely N-dealkylation sites (tertiary alicyclic amines) is 2. The van der Waals surface area contributed by atoms with E-state index in [2.05, 4.69) is 0 Å². The summed E-state index contributed by atoms with van der Waals surface area (Å²) in [6, 6.07) is 4.96. The molecule has 0 radical (unpaired) electrons. The maximum atomic E-state index is 12.7. The Kier molecular flexibility index (Phi) is 3.74. The maximum absolute atomic E-state index is 12.7. The van der Waals surface area contributed by atoms with Gasteiger partial charge in [-0.3, -0.25) is 14.4 Å². The molecule has 2 atom stereocenters. The number of benzene rings is 1. The van der Waals surface area contributed by atoms with Gasteiger partial charge in [0.1, 0.15) is 0 Å². The zero-order valence-electron chi connectivity index (χ0n) is 13.5. The Balaban J connectivity index is 1.43. The topological polar surface area (TPSA) is 96.4 Å². The van der Waals surface area contributed by atoms with Crippen molar-refractivity contribution in [3.63, 3.8) is 0 Å². The van der Waals surface area contributed by atoms with Crippen molar-refractivity contribution in [2.75, 3.05) is 26.4 Å². The number of carbonyl (C=O) groups excluding carboxylic acids is 2. The fourth-order valence-electron chi connectivity index (χ4n) is 3.64. The predicted molar refractivity (Wildman–Crippen MR) is 84.3 cm³/mol. The Bertz CT molecular complexity index is 749. The van der Waals surface area contributed by atoms with Crippen molar-refractivity contribution in [1.29, 1.82) is 0 Å². The van der Waals surface area contributed by atoms with E-state index in [1.54, 1.807) is 28.0 Å². The van der Waals surface area contributed by atoms with Crippen LogP contribution in [-0.2, 0) is 9.59 Å². The number of carboxylic acids is 1. The molecule has 8 heteroatoms. The van der Waals surface area contributed by atoms with E-state index >= 15 is 0 Å². The minimum atomic E-state index is -0.942. The number of carboxylic acid groups (broad SMARTS) is 1. The van der Waals surface area contributed by atoms with Crippen LogP contribution >= 0.6 is 0 Å². The zero-order valence-corrected chi connectivity index (χ0v) is 13.5. The van der Waals surface area contributed by atoms with Gasteiger partial charge in [-0.05, 0) is 24.6 Å². The summed E-state index contributed by atoms with van der Waals surface area (Å²) in [5, 5.41) is 9.09. The second-order valence-corrected chi connectivity index (χ2v) is 6.55. The molecule has 3 aliphatic heterocycles. The van der Waals surface area contributed by atoms with E-state index in [-0.39, 0.29) is 37.6 Å². The molecule has 0 spiro atoms. The molecule has 1 N–H and O–H groups in total. The molecule has 2 amide bonds. The molecule has 25 heavy (non-hydrogen) atoms. The van der Waals surface area contributed by atoms with Gasteiger partial charge in [0.2, 0.25) is 12.7 Å². The molecule has 2 saturated heterocycles. The molecule has 3 heterocycles. The fraction of sp³-hybridized carbons (Fsp3) is 0.471. The van der Waals surface area contributed by atoms with Crippen LogP contribution in [0.25, 0.3) is 0 Å². The summed E-state index contributed by atoms with van der Waals surface area (Å²) in [5.41, 5.74) is 0.515. The standard InChI is InChI=1S/C17H18N2O6/c20-15-6-11(17(22)23)7-19(15)12-3-4-18(8-12)16(21)10-1-2-13-14(5-10)25-9-24-13/h1-2,5,11-12H,3-4,6-9H2,(H,22,23). The minimum absolute atomic E-state index is 0.0436. The first kappa shape index (κ1) is 15.7. The molecule has 0 aliphatic carbocycles. The first-order chi connectivity index (χ1) is 12.0. The maximum Gasteiger partial charge on any atom is 0.308 e. The largest absolute Gasteiger partial charge is 0.481 e. The molecule has 1 aromatic rings. The number of ether oxygens (including phenoxy) is 2. The normalized spacial score (nSPS) is 24.9. The molecule has 0 saturated carbocycles. The van der Waals surface area contributed by atoms with Gasteiger partial charge in [0.05, 0.1) is 12.0 Å². The minimum Gasteiger partial charge on any atom is -0.481 e. The SMILES string of the molecule is O=C(O)C1CC(=O)N(C2CCN(C(=O)c3ccc4c(c3)OCO4)C2)C1. The Morgan fingerprint density at radius 3 is 2.72 bits per heavy atom. The van der Waals surface area contributed by atoms with Crippen molar-refractivity contribution in [3.8, 4) is 11.5 Å². The monoisotopic (exact) mass is 346 g/mol. The smallest absolute Gasteiger partial charge is 0.308 e.